The predicted octanol–water partition coefficient (Wildman–Crippen LogP) is 2.70. The summed E-state index contributed by atoms with van der Waals surface area (Å²) in [6.45, 7) is 6.28. The molecule has 2 atom stereocenters. The van der Waals surface area contributed by atoms with Gasteiger partial charge in [0.1, 0.15) is 0 Å². The van der Waals surface area contributed by atoms with Gasteiger partial charge in [0, 0.05) is 55.6 Å². The van der Waals surface area contributed by atoms with E-state index in [1.165, 1.54) is 24.1 Å². The van der Waals surface area contributed by atoms with Crippen LogP contribution in [0.2, 0.25) is 0 Å². The summed E-state index contributed by atoms with van der Waals surface area (Å²) in [5.74, 6) is 0.875. The molecule has 0 aliphatic carbocycles. The fraction of sp³-hybridized carbons (Fsp3) is 0.550. The number of rotatable bonds is 3. The smallest absolute Gasteiger partial charge is 0.225 e. The van der Waals surface area contributed by atoms with Gasteiger partial charge in [-0.25, -0.2) is 9.97 Å². The molecule has 0 spiro atoms. The van der Waals surface area contributed by atoms with E-state index in [2.05, 4.69) is 41.1 Å². The number of aromatic nitrogens is 3. The normalized spacial score (nSPS) is 24.4. The molecular formula is C20H26ClN5O. The fourth-order valence-electron chi connectivity index (χ4n) is 4.60. The number of hydrogen-bond acceptors (Lipinski definition) is 6. The van der Waals surface area contributed by atoms with Crippen LogP contribution >= 0.6 is 12.4 Å². The highest BCUT2D eigenvalue weighted by molar-refractivity contribution is 5.85. The molecule has 2 fully saturated rings. The zero-order valence-corrected chi connectivity index (χ0v) is 16.5. The van der Waals surface area contributed by atoms with Gasteiger partial charge in [0.25, 0.3) is 0 Å². The van der Waals surface area contributed by atoms with Crippen LogP contribution in [0.4, 0.5) is 5.95 Å². The zero-order valence-electron chi connectivity index (χ0n) is 15.7. The van der Waals surface area contributed by atoms with Gasteiger partial charge in [-0.1, -0.05) is 6.07 Å². The minimum absolute atomic E-state index is 0. The van der Waals surface area contributed by atoms with Crippen molar-refractivity contribution in [3.8, 4) is 0 Å². The van der Waals surface area contributed by atoms with Crippen LogP contribution < -0.4 is 4.90 Å². The molecule has 5 rings (SSSR count). The minimum Gasteiger partial charge on any atom is -0.378 e. The molecule has 0 aromatic carbocycles. The number of anilines is 1. The molecule has 2 unspecified atom stereocenters. The lowest BCUT2D eigenvalue weighted by Gasteiger charge is -2.36. The van der Waals surface area contributed by atoms with Gasteiger partial charge in [0.15, 0.2) is 0 Å². The van der Waals surface area contributed by atoms with E-state index in [0.717, 1.165) is 56.6 Å². The standard InChI is InChI=1S/C20H25N5O.ClH/c1-14-3-2-4-15(22-14)13-25-16-5-6-19(25)17-12-21-20(23-18(17)11-16)24-7-9-26-10-8-24;/h2-4,12,16,19H,5-11,13H2,1H3;1H. The molecule has 27 heavy (non-hydrogen) atoms. The molecule has 0 saturated carbocycles. The molecule has 2 aromatic heterocycles. The first kappa shape index (κ1) is 18.6. The Morgan fingerprint density at radius 1 is 1.15 bits per heavy atom. The first-order valence-electron chi connectivity index (χ1n) is 9.65. The van der Waals surface area contributed by atoms with Gasteiger partial charge in [-0.3, -0.25) is 9.88 Å². The quantitative estimate of drug-likeness (QED) is 0.807. The summed E-state index contributed by atoms with van der Waals surface area (Å²) in [6, 6.07) is 7.31. The van der Waals surface area contributed by atoms with E-state index in [1.807, 2.05) is 0 Å². The number of halogens is 1. The summed E-state index contributed by atoms with van der Waals surface area (Å²) in [6.07, 6.45) is 5.54. The first-order chi connectivity index (χ1) is 12.8. The molecule has 2 aromatic rings. The highest BCUT2D eigenvalue weighted by atomic mass is 35.5. The summed E-state index contributed by atoms with van der Waals surface area (Å²) >= 11 is 0. The maximum absolute atomic E-state index is 5.45. The largest absolute Gasteiger partial charge is 0.378 e. The summed E-state index contributed by atoms with van der Waals surface area (Å²) < 4.78 is 5.45. The Hall–Kier alpha value is -1.76. The van der Waals surface area contributed by atoms with E-state index in [9.17, 15) is 0 Å². The second-order valence-corrected chi connectivity index (χ2v) is 7.57. The maximum Gasteiger partial charge on any atom is 0.225 e. The summed E-state index contributed by atoms with van der Waals surface area (Å²) in [5.41, 5.74) is 4.83. The average Bonchev–Trinajstić information content (AvgIpc) is 2.94. The van der Waals surface area contributed by atoms with Crippen molar-refractivity contribution in [3.05, 3.63) is 47.0 Å². The second-order valence-electron chi connectivity index (χ2n) is 7.57. The molecule has 5 heterocycles. The lowest BCUT2D eigenvalue weighted by molar-refractivity contribution is 0.122. The number of pyridine rings is 1. The van der Waals surface area contributed by atoms with Crippen LogP contribution in [-0.4, -0.2) is 52.2 Å². The van der Waals surface area contributed by atoms with E-state index < -0.39 is 0 Å². The van der Waals surface area contributed by atoms with Gasteiger partial charge in [0.2, 0.25) is 5.95 Å². The molecule has 7 heteroatoms. The van der Waals surface area contributed by atoms with Crippen LogP contribution in [0.25, 0.3) is 0 Å². The van der Waals surface area contributed by atoms with Gasteiger partial charge in [-0.05, 0) is 31.9 Å². The average molecular weight is 388 g/mol. The van der Waals surface area contributed by atoms with Gasteiger partial charge >= 0.3 is 0 Å². The van der Waals surface area contributed by atoms with Crippen LogP contribution in [-0.2, 0) is 17.7 Å². The Morgan fingerprint density at radius 3 is 2.81 bits per heavy atom. The van der Waals surface area contributed by atoms with E-state index in [1.54, 1.807) is 0 Å². The van der Waals surface area contributed by atoms with Crippen molar-refractivity contribution in [3.63, 3.8) is 0 Å². The zero-order chi connectivity index (χ0) is 17.5. The Kier molecular flexibility index (Phi) is 5.30. The Bertz CT molecular complexity index is 811. The SMILES string of the molecule is Cc1cccc(CN2C3CCC2c2cnc(N4CCOCC4)nc2C3)n1.Cl. The molecule has 2 bridgehead atoms. The van der Waals surface area contributed by atoms with E-state index in [0.29, 0.717) is 12.1 Å². The molecule has 0 radical (unpaired) electrons. The lowest BCUT2D eigenvalue weighted by atomic mass is 9.99. The number of hydrogen-bond donors (Lipinski definition) is 0. The maximum atomic E-state index is 5.45. The summed E-state index contributed by atoms with van der Waals surface area (Å²) in [4.78, 5) is 19.2. The third kappa shape index (κ3) is 3.53. The van der Waals surface area contributed by atoms with Gasteiger partial charge in [0.05, 0.1) is 24.6 Å². The number of ether oxygens (including phenoxy) is 1. The monoisotopic (exact) mass is 387 g/mol. The fourth-order valence-corrected chi connectivity index (χ4v) is 4.60. The van der Waals surface area contributed by atoms with Crippen LogP contribution in [0.15, 0.2) is 24.4 Å². The first-order valence-corrected chi connectivity index (χ1v) is 9.65. The molecule has 3 aliphatic rings. The Labute approximate surface area is 166 Å². The van der Waals surface area contributed by atoms with Crippen molar-refractivity contribution in [1.29, 1.82) is 0 Å². The molecule has 3 aliphatic heterocycles. The molecule has 144 valence electrons. The van der Waals surface area contributed by atoms with Crippen molar-refractivity contribution < 1.29 is 4.74 Å². The summed E-state index contributed by atoms with van der Waals surface area (Å²) in [5, 5.41) is 0. The number of aryl methyl sites for hydroxylation is 1. The van der Waals surface area contributed by atoms with Crippen LogP contribution in [0.5, 0.6) is 0 Å². The molecule has 0 amide bonds. The van der Waals surface area contributed by atoms with Crippen molar-refractivity contribution >= 4 is 18.4 Å². The van der Waals surface area contributed by atoms with Crippen molar-refractivity contribution in [1.82, 2.24) is 19.9 Å². The Balaban J connectivity index is 0.00000180. The number of nitrogens with zero attached hydrogens (tertiary/aromatic N) is 5. The van der Waals surface area contributed by atoms with Gasteiger partial charge in [-0.2, -0.15) is 0 Å². The van der Waals surface area contributed by atoms with Crippen LogP contribution in [0.1, 0.15) is 41.5 Å². The molecule has 0 N–H and O–H groups in total. The predicted molar refractivity (Wildman–Crippen MR) is 106 cm³/mol. The highest BCUT2D eigenvalue weighted by Gasteiger charge is 2.41. The molecule has 2 saturated heterocycles. The van der Waals surface area contributed by atoms with Crippen molar-refractivity contribution in [2.75, 3.05) is 31.2 Å². The van der Waals surface area contributed by atoms with Crippen molar-refractivity contribution in [2.24, 2.45) is 0 Å². The summed E-state index contributed by atoms with van der Waals surface area (Å²) in [7, 11) is 0. The van der Waals surface area contributed by atoms with Crippen LogP contribution in [0, 0.1) is 6.92 Å². The van der Waals surface area contributed by atoms with E-state index in [4.69, 9.17) is 19.7 Å². The third-order valence-electron chi connectivity index (χ3n) is 5.90. The molecular weight excluding hydrogens is 362 g/mol. The van der Waals surface area contributed by atoms with Crippen LogP contribution in [0.3, 0.4) is 0 Å². The van der Waals surface area contributed by atoms with Gasteiger partial charge in [-0.15, -0.1) is 12.4 Å². The minimum atomic E-state index is 0. The molecule has 6 nitrogen and oxygen atoms in total. The second kappa shape index (κ2) is 7.70. The number of fused-ring (bicyclic) bond motifs is 4. The third-order valence-corrected chi connectivity index (χ3v) is 5.90. The van der Waals surface area contributed by atoms with Gasteiger partial charge < -0.3 is 9.64 Å². The van der Waals surface area contributed by atoms with E-state index >= 15 is 0 Å². The topological polar surface area (TPSA) is 54.4 Å². The van der Waals surface area contributed by atoms with E-state index in [-0.39, 0.29) is 12.4 Å². The van der Waals surface area contributed by atoms with Crippen molar-refractivity contribution in [2.45, 2.75) is 44.8 Å². The number of morpholine rings is 1. The highest BCUT2D eigenvalue weighted by Crippen LogP contribution is 2.43. The lowest BCUT2D eigenvalue weighted by Crippen LogP contribution is -2.40. The Morgan fingerprint density at radius 2 is 2.00 bits per heavy atom.